The Hall–Kier alpha value is -0.520. The zero-order valence-corrected chi connectivity index (χ0v) is 7.00. The SMILES string of the molecule is O=Cc1cnc(F)cc1I. The largest absolute Gasteiger partial charge is 0.298 e. The molecule has 0 saturated carbocycles. The summed E-state index contributed by atoms with van der Waals surface area (Å²) in [6.45, 7) is 0. The van der Waals surface area contributed by atoms with Crippen molar-refractivity contribution in [2.75, 3.05) is 0 Å². The number of hydrogen-bond acceptors (Lipinski definition) is 2. The number of aromatic nitrogens is 1. The molecule has 0 aliphatic rings. The maximum atomic E-state index is 12.3. The number of nitrogens with zero attached hydrogens (tertiary/aromatic N) is 1. The molecule has 1 heterocycles. The number of halogens is 2. The lowest BCUT2D eigenvalue weighted by Crippen LogP contribution is -1.90. The molecular weight excluding hydrogens is 248 g/mol. The maximum Gasteiger partial charge on any atom is 0.213 e. The summed E-state index contributed by atoms with van der Waals surface area (Å²) < 4.78 is 12.8. The van der Waals surface area contributed by atoms with Gasteiger partial charge in [0, 0.05) is 21.4 Å². The van der Waals surface area contributed by atoms with E-state index < -0.39 is 5.95 Å². The van der Waals surface area contributed by atoms with Gasteiger partial charge >= 0.3 is 0 Å². The van der Waals surface area contributed by atoms with Crippen LogP contribution in [0.15, 0.2) is 12.3 Å². The van der Waals surface area contributed by atoms with Gasteiger partial charge in [-0.2, -0.15) is 4.39 Å². The zero-order valence-electron chi connectivity index (χ0n) is 4.84. The molecule has 0 radical (unpaired) electrons. The highest BCUT2D eigenvalue weighted by atomic mass is 127. The first-order valence-corrected chi connectivity index (χ1v) is 3.58. The first kappa shape index (κ1) is 7.59. The van der Waals surface area contributed by atoms with Crippen molar-refractivity contribution < 1.29 is 9.18 Å². The molecule has 0 spiro atoms. The Bertz CT molecular complexity index is 264. The van der Waals surface area contributed by atoms with Gasteiger partial charge in [-0.25, -0.2) is 4.98 Å². The molecule has 0 amide bonds. The van der Waals surface area contributed by atoms with E-state index in [4.69, 9.17) is 0 Å². The normalized spacial score (nSPS) is 9.40. The maximum absolute atomic E-state index is 12.3. The molecule has 52 valence electrons. The van der Waals surface area contributed by atoms with E-state index >= 15 is 0 Å². The Labute approximate surface area is 70.6 Å². The van der Waals surface area contributed by atoms with E-state index in [9.17, 15) is 9.18 Å². The topological polar surface area (TPSA) is 30.0 Å². The second kappa shape index (κ2) is 3.05. The molecule has 0 unspecified atom stereocenters. The lowest BCUT2D eigenvalue weighted by atomic mass is 10.3. The molecule has 4 heteroatoms. The molecule has 0 aromatic carbocycles. The van der Waals surface area contributed by atoms with Gasteiger partial charge in [-0.3, -0.25) is 4.79 Å². The summed E-state index contributed by atoms with van der Waals surface area (Å²) in [5, 5.41) is 0. The van der Waals surface area contributed by atoms with Crippen molar-refractivity contribution in [3.05, 3.63) is 27.3 Å². The van der Waals surface area contributed by atoms with E-state index in [0.717, 1.165) is 0 Å². The molecule has 2 nitrogen and oxygen atoms in total. The monoisotopic (exact) mass is 251 g/mol. The second-order valence-corrected chi connectivity index (χ2v) is 2.81. The zero-order chi connectivity index (χ0) is 7.56. The summed E-state index contributed by atoms with van der Waals surface area (Å²) in [6.07, 6.45) is 1.86. The fourth-order valence-electron chi connectivity index (χ4n) is 0.505. The van der Waals surface area contributed by atoms with E-state index in [2.05, 4.69) is 4.98 Å². The molecule has 0 aliphatic carbocycles. The molecule has 0 aliphatic heterocycles. The first-order chi connectivity index (χ1) is 4.74. The Kier molecular flexibility index (Phi) is 2.31. The van der Waals surface area contributed by atoms with Crippen LogP contribution in [0.5, 0.6) is 0 Å². The summed E-state index contributed by atoms with van der Waals surface area (Å²) >= 11 is 1.87. The molecule has 0 fully saturated rings. The van der Waals surface area contributed by atoms with E-state index in [0.29, 0.717) is 15.4 Å². The molecule has 0 N–H and O–H groups in total. The van der Waals surface area contributed by atoms with Gasteiger partial charge in [-0.1, -0.05) is 0 Å². The Morgan fingerprint density at radius 2 is 2.40 bits per heavy atom. The van der Waals surface area contributed by atoms with Crippen LogP contribution in [0.2, 0.25) is 0 Å². The van der Waals surface area contributed by atoms with Crippen LogP contribution >= 0.6 is 22.6 Å². The fourth-order valence-corrected chi connectivity index (χ4v) is 1.03. The fraction of sp³-hybridized carbons (Fsp3) is 0. The predicted octanol–water partition coefficient (Wildman–Crippen LogP) is 1.64. The van der Waals surface area contributed by atoms with Crippen molar-refractivity contribution in [3.8, 4) is 0 Å². The summed E-state index contributed by atoms with van der Waals surface area (Å²) in [5.41, 5.74) is 0.419. The smallest absolute Gasteiger partial charge is 0.213 e. The third-order valence-electron chi connectivity index (χ3n) is 0.976. The average molecular weight is 251 g/mol. The van der Waals surface area contributed by atoms with Crippen LogP contribution in [0.1, 0.15) is 10.4 Å². The average Bonchev–Trinajstić information content (AvgIpc) is 1.88. The number of rotatable bonds is 1. The Morgan fingerprint density at radius 3 is 2.90 bits per heavy atom. The standard InChI is InChI=1S/C6H3FINO/c7-6-1-5(8)4(3-10)2-9-6/h1-3H. The summed E-state index contributed by atoms with van der Waals surface area (Å²) in [6, 6.07) is 1.21. The van der Waals surface area contributed by atoms with Crippen LogP contribution in [0.4, 0.5) is 4.39 Å². The highest BCUT2D eigenvalue weighted by Crippen LogP contribution is 2.08. The molecule has 10 heavy (non-hydrogen) atoms. The van der Waals surface area contributed by atoms with Gasteiger partial charge in [0.25, 0.3) is 0 Å². The van der Waals surface area contributed by atoms with Crippen molar-refractivity contribution in [2.24, 2.45) is 0 Å². The third-order valence-corrected chi connectivity index (χ3v) is 1.91. The van der Waals surface area contributed by atoms with Crippen LogP contribution in [0, 0.1) is 9.52 Å². The number of pyridine rings is 1. The van der Waals surface area contributed by atoms with Crippen molar-refractivity contribution >= 4 is 28.9 Å². The number of carbonyl (C=O) groups is 1. The van der Waals surface area contributed by atoms with Crippen LogP contribution < -0.4 is 0 Å². The summed E-state index contributed by atoms with van der Waals surface area (Å²) in [5.74, 6) is -0.560. The number of hydrogen-bond donors (Lipinski definition) is 0. The molecular formula is C6H3FINO. The van der Waals surface area contributed by atoms with Gasteiger partial charge in [0.2, 0.25) is 5.95 Å². The van der Waals surface area contributed by atoms with Crippen LogP contribution in [0.25, 0.3) is 0 Å². The van der Waals surface area contributed by atoms with E-state index in [1.165, 1.54) is 12.3 Å². The quantitative estimate of drug-likeness (QED) is 0.431. The van der Waals surface area contributed by atoms with E-state index in [1.807, 2.05) is 22.6 Å². The van der Waals surface area contributed by atoms with Crippen molar-refractivity contribution in [2.45, 2.75) is 0 Å². The summed E-state index contributed by atoms with van der Waals surface area (Å²) in [7, 11) is 0. The van der Waals surface area contributed by atoms with Crippen molar-refractivity contribution in [3.63, 3.8) is 0 Å². The van der Waals surface area contributed by atoms with E-state index in [-0.39, 0.29) is 0 Å². The lowest BCUT2D eigenvalue weighted by Gasteiger charge is -1.92. The van der Waals surface area contributed by atoms with Gasteiger partial charge in [0.1, 0.15) is 0 Å². The van der Waals surface area contributed by atoms with Gasteiger partial charge in [-0.05, 0) is 22.6 Å². The van der Waals surface area contributed by atoms with Crippen LogP contribution in [-0.2, 0) is 0 Å². The highest BCUT2D eigenvalue weighted by molar-refractivity contribution is 14.1. The van der Waals surface area contributed by atoms with Gasteiger partial charge in [0.15, 0.2) is 6.29 Å². The Balaban J connectivity index is 3.19. The van der Waals surface area contributed by atoms with E-state index in [1.54, 1.807) is 0 Å². The minimum Gasteiger partial charge on any atom is -0.298 e. The third kappa shape index (κ3) is 1.50. The molecule has 0 saturated heterocycles. The summed E-state index contributed by atoms with van der Waals surface area (Å²) in [4.78, 5) is 13.5. The Morgan fingerprint density at radius 1 is 1.70 bits per heavy atom. The van der Waals surface area contributed by atoms with Crippen molar-refractivity contribution in [1.29, 1.82) is 0 Å². The predicted molar refractivity (Wildman–Crippen MR) is 42.3 cm³/mol. The van der Waals surface area contributed by atoms with Crippen LogP contribution in [-0.4, -0.2) is 11.3 Å². The molecule has 1 aromatic rings. The minimum absolute atomic E-state index is 0.419. The highest BCUT2D eigenvalue weighted by Gasteiger charge is 1.99. The number of carbonyl (C=O) groups excluding carboxylic acids is 1. The minimum atomic E-state index is -0.560. The number of aldehydes is 1. The molecule has 0 atom stereocenters. The second-order valence-electron chi connectivity index (χ2n) is 1.65. The van der Waals surface area contributed by atoms with Gasteiger partial charge in [-0.15, -0.1) is 0 Å². The van der Waals surface area contributed by atoms with Gasteiger partial charge < -0.3 is 0 Å². The first-order valence-electron chi connectivity index (χ1n) is 2.50. The van der Waals surface area contributed by atoms with Gasteiger partial charge in [0.05, 0.1) is 0 Å². The lowest BCUT2D eigenvalue weighted by molar-refractivity contribution is 0.112. The molecule has 1 aromatic heterocycles. The molecule has 1 rings (SSSR count). The molecule has 0 bridgehead atoms. The van der Waals surface area contributed by atoms with Crippen LogP contribution in [0.3, 0.4) is 0 Å². The van der Waals surface area contributed by atoms with Crippen molar-refractivity contribution in [1.82, 2.24) is 4.98 Å².